The molecule has 3 aliphatic heterocycles. The van der Waals surface area contributed by atoms with Crippen LogP contribution in [0.2, 0.25) is 0 Å². The second-order valence-corrected chi connectivity index (χ2v) is 13.3. The minimum atomic E-state index is -1.60. The Hall–Kier alpha value is -2.70. The highest BCUT2D eigenvalue weighted by Gasteiger charge is 2.81. The summed E-state index contributed by atoms with van der Waals surface area (Å²) < 4.78 is 41.5. The standard InChI is InChI=1S/C31H44O12/c1-8-28(6,43-19(5)34)27(36)42-25-21(35)13-22-29(7,23-12-20-9-10-37-26(20)41-23)16(2)11-24(40-18(4)33)30(22,14-38-17(3)32)31(25)15-39-31/h9-10,16,20-26,35H,8,11-15H2,1-7H3/t16-,20-,21-,22-,23+,24+,25+,26-,28+,29+,30+,31-/m1/s1. The first-order valence-electron chi connectivity index (χ1n) is 15.2. The van der Waals surface area contributed by atoms with Gasteiger partial charge in [-0.05, 0) is 50.5 Å². The highest BCUT2D eigenvalue weighted by Crippen LogP contribution is 2.70. The molecule has 0 aromatic heterocycles. The van der Waals surface area contributed by atoms with Gasteiger partial charge in [-0.1, -0.05) is 20.8 Å². The molecule has 2 saturated carbocycles. The molecule has 1 N–H and O–H groups in total. The summed E-state index contributed by atoms with van der Waals surface area (Å²) in [4.78, 5) is 50.3. The molecule has 2 saturated heterocycles. The summed E-state index contributed by atoms with van der Waals surface area (Å²) in [7, 11) is 0. The summed E-state index contributed by atoms with van der Waals surface area (Å²) in [6.07, 6.45) is 1.03. The van der Waals surface area contributed by atoms with Gasteiger partial charge in [0.2, 0.25) is 11.9 Å². The van der Waals surface area contributed by atoms with Crippen molar-refractivity contribution >= 4 is 23.9 Å². The van der Waals surface area contributed by atoms with E-state index in [0.29, 0.717) is 12.8 Å². The fourth-order valence-corrected chi connectivity index (χ4v) is 8.42. The number of hydrogen-bond acceptors (Lipinski definition) is 12. The molecule has 4 fully saturated rings. The summed E-state index contributed by atoms with van der Waals surface area (Å²) in [6.45, 7) is 11.0. The fraction of sp³-hybridized carbons (Fsp3) is 0.806. The lowest BCUT2D eigenvalue weighted by Gasteiger charge is -2.65. The van der Waals surface area contributed by atoms with Crippen LogP contribution in [-0.4, -0.2) is 84.1 Å². The zero-order valence-electron chi connectivity index (χ0n) is 26.0. The van der Waals surface area contributed by atoms with Gasteiger partial charge in [-0.3, -0.25) is 14.4 Å². The molecule has 1 spiro atoms. The van der Waals surface area contributed by atoms with Crippen LogP contribution in [0.3, 0.4) is 0 Å². The van der Waals surface area contributed by atoms with Crippen LogP contribution < -0.4 is 0 Å². The lowest BCUT2D eigenvalue weighted by Crippen LogP contribution is -2.74. The maximum Gasteiger partial charge on any atom is 0.350 e. The molecule has 240 valence electrons. The molecule has 0 radical (unpaired) electrons. The van der Waals surface area contributed by atoms with E-state index in [1.54, 1.807) is 13.2 Å². The van der Waals surface area contributed by atoms with E-state index in [1.165, 1.54) is 27.7 Å². The van der Waals surface area contributed by atoms with Crippen molar-refractivity contribution in [1.29, 1.82) is 0 Å². The first-order chi connectivity index (χ1) is 20.1. The van der Waals surface area contributed by atoms with Crippen molar-refractivity contribution in [2.45, 2.75) is 116 Å². The largest absolute Gasteiger partial charge is 0.472 e. The molecule has 0 amide bonds. The highest BCUT2D eigenvalue weighted by molar-refractivity contribution is 5.82. The van der Waals surface area contributed by atoms with E-state index in [-0.39, 0.29) is 44.0 Å². The molecule has 12 heteroatoms. The number of epoxide rings is 1. The molecule has 3 heterocycles. The Morgan fingerprint density at radius 2 is 1.74 bits per heavy atom. The second-order valence-electron chi connectivity index (χ2n) is 13.3. The van der Waals surface area contributed by atoms with Gasteiger partial charge in [0, 0.05) is 32.1 Å². The summed E-state index contributed by atoms with van der Waals surface area (Å²) in [6, 6.07) is 0. The van der Waals surface area contributed by atoms with Gasteiger partial charge in [-0.15, -0.1) is 0 Å². The topological polar surface area (TPSA) is 156 Å². The normalized spacial score (nSPS) is 43.9. The smallest absolute Gasteiger partial charge is 0.350 e. The molecule has 0 bridgehead atoms. The molecule has 2 aliphatic carbocycles. The molecular formula is C31H44O12. The van der Waals surface area contributed by atoms with Gasteiger partial charge in [0.1, 0.15) is 18.3 Å². The Kier molecular flexibility index (Phi) is 8.13. The molecule has 12 nitrogen and oxygen atoms in total. The zero-order chi connectivity index (χ0) is 31.5. The van der Waals surface area contributed by atoms with Crippen LogP contribution in [0.1, 0.15) is 74.1 Å². The number of carbonyl (C=O) groups is 4. The van der Waals surface area contributed by atoms with Crippen LogP contribution >= 0.6 is 0 Å². The number of ether oxygens (including phenoxy) is 7. The maximum absolute atomic E-state index is 13.6. The minimum absolute atomic E-state index is 0.0566. The van der Waals surface area contributed by atoms with E-state index in [2.05, 4.69) is 13.8 Å². The van der Waals surface area contributed by atoms with Gasteiger partial charge < -0.3 is 38.3 Å². The van der Waals surface area contributed by atoms with Crippen LogP contribution in [0.5, 0.6) is 0 Å². The van der Waals surface area contributed by atoms with Crippen molar-refractivity contribution in [2.75, 3.05) is 13.2 Å². The summed E-state index contributed by atoms with van der Waals surface area (Å²) in [5.74, 6) is -2.99. The number of hydrogen-bond donors (Lipinski definition) is 1. The Morgan fingerprint density at radius 1 is 1.05 bits per heavy atom. The Bertz CT molecular complexity index is 1180. The van der Waals surface area contributed by atoms with Crippen molar-refractivity contribution in [1.82, 2.24) is 0 Å². The SMILES string of the molecule is CC[C@](C)(OC(C)=O)C(=O)O[C@H]1[C@H](O)C[C@@H]2[C@@](C)([C@@H]3C[C@H]4C=CO[C@@H]4O3)[C@H](C)C[C@H](OC(C)=O)[C@@]2(COC(C)=O)[C@@]12CO2. The van der Waals surface area contributed by atoms with Crippen LogP contribution in [0, 0.1) is 28.6 Å². The van der Waals surface area contributed by atoms with E-state index >= 15 is 0 Å². The average molecular weight is 609 g/mol. The molecule has 5 rings (SSSR count). The van der Waals surface area contributed by atoms with Crippen molar-refractivity contribution < 1.29 is 57.4 Å². The monoisotopic (exact) mass is 608 g/mol. The van der Waals surface area contributed by atoms with Gasteiger partial charge in [-0.25, -0.2) is 4.79 Å². The Labute approximate surface area is 251 Å². The second kappa shape index (κ2) is 11.0. The Balaban J connectivity index is 1.61. The molecular weight excluding hydrogens is 564 g/mol. The quantitative estimate of drug-likeness (QED) is 0.244. The molecule has 43 heavy (non-hydrogen) atoms. The van der Waals surface area contributed by atoms with Gasteiger partial charge in [-0.2, -0.15) is 0 Å². The summed E-state index contributed by atoms with van der Waals surface area (Å²) in [5, 5.41) is 11.8. The molecule has 12 atom stereocenters. The van der Waals surface area contributed by atoms with Crippen LogP contribution in [-0.2, 0) is 52.3 Å². The third kappa shape index (κ3) is 4.93. The van der Waals surface area contributed by atoms with Crippen molar-refractivity contribution in [2.24, 2.45) is 28.6 Å². The van der Waals surface area contributed by atoms with E-state index in [0.717, 1.165) is 0 Å². The van der Waals surface area contributed by atoms with E-state index < -0.39 is 76.4 Å². The summed E-state index contributed by atoms with van der Waals surface area (Å²) in [5.41, 5.74) is -4.80. The lowest BCUT2D eigenvalue weighted by atomic mass is 9.41. The number of aliphatic hydroxyl groups excluding tert-OH is 1. The van der Waals surface area contributed by atoms with E-state index in [1.807, 2.05) is 6.08 Å². The van der Waals surface area contributed by atoms with Crippen molar-refractivity contribution in [3.8, 4) is 0 Å². The highest BCUT2D eigenvalue weighted by atomic mass is 16.7. The van der Waals surface area contributed by atoms with Crippen LogP contribution in [0.4, 0.5) is 0 Å². The zero-order valence-corrected chi connectivity index (χ0v) is 26.0. The van der Waals surface area contributed by atoms with E-state index in [9.17, 15) is 24.3 Å². The number of carbonyl (C=O) groups excluding carboxylic acids is 4. The average Bonchev–Trinajstić information content (AvgIpc) is 3.40. The third-order valence-corrected chi connectivity index (χ3v) is 11.0. The first-order valence-corrected chi connectivity index (χ1v) is 15.2. The Morgan fingerprint density at radius 3 is 2.30 bits per heavy atom. The predicted molar refractivity (Wildman–Crippen MR) is 147 cm³/mol. The van der Waals surface area contributed by atoms with Crippen LogP contribution in [0.25, 0.3) is 0 Å². The fourth-order valence-electron chi connectivity index (χ4n) is 8.42. The molecule has 5 aliphatic rings. The number of aliphatic hydroxyl groups is 1. The summed E-state index contributed by atoms with van der Waals surface area (Å²) >= 11 is 0. The number of fused-ring (bicyclic) bond motifs is 3. The molecule has 0 aromatic carbocycles. The lowest BCUT2D eigenvalue weighted by molar-refractivity contribution is -0.285. The first kappa shape index (κ1) is 31.7. The van der Waals surface area contributed by atoms with E-state index in [4.69, 9.17) is 33.2 Å². The van der Waals surface area contributed by atoms with Crippen molar-refractivity contribution in [3.63, 3.8) is 0 Å². The van der Waals surface area contributed by atoms with Gasteiger partial charge in [0.25, 0.3) is 0 Å². The number of esters is 4. The molecule has 0 unspecified atom stereocenters. The maximum atomic E-state index is 13.6. The predicted octanol–water partition coefficient (Wildman–Crippen LogP) is 2.58. The minimum Gasteiger partial charge on any atom is -0.472 e. The van der Waals surface area contributed by atoms with Gasteiger partial charge in [0.05, 0.1) is 30.5 Å². The van der Waals surface area contributed by atoms with Crippen LogP contribution in [0.15, 0.2) is 12.3 Å². The van der Waals surface area contributed by atoms with Crippen molar-refractivity contribution in [3.05, 3.63) is 12.3 Å². The number of rotatable bonds is 8. The molecule has 0 aromatic rings. The van der Waals surface area contributed by atoms with Gasteiger partial charge >= 0.3 is 23.9 Å². The van der Waals surface area contributed by atoms with Gasteiger partial charge in [0.15, 0.2) is 6.10 Å². The third-order valence-electron chi connectivity index (χ3n) is 11.0.